The summed E-state index contributed by atoms with van der Waals surface area (Å²) in [5, 5.41) is 8.48. The second kappa shape index (κ2) is 8.11. The molecule has 0 N–H and O–H groups in total. The van der Waals surface area contributed by atoms with Crippen LogP contribution in [0.5, 0.6) is 5.75 Å². The molecular formula is C21H28N4O2. The van der Waals surface area contributed by atoms with E-state index in [1.54, 1.807) is 0 Å². The standard InChI is InChI=1S/C21H28N4O2/c1-2-5-19-14-25(23-22-19)13-16-8-10-24(11-9-16)21(26)18-12-17-6-3-4-7-20(17)27-15-18/h3-4,6-7,14,16,18H,2,5,8-13,15H2,1H3/t18-/m0/s1. The van der Waals surface area contributed by atoms with Gasteiger partial charge in [0.2, 0.25) is 5.91 Å². The molecule has 2 aliphatic heterocycles. The Kier molecular flexibility index (Phi) is 5.41. The molecule has 0 unspecified atom stereocenters. The zero-order chi connectivity index (χ0) is 18.6. The predicted molar refractivity (Wildman–Crippen MR) is 102 cm³/mol. The maximum absolute atomic E-state index is 12.9. The van der Waals surface area contributed by atoms with Gasteiger partial charge in [-0.05, 0) is 43.2 Å². The highest BCUT2D eigenvalue weighted by Gasteiger charge is 2.31. The molecule has 27 heavy (non-hydrogen) atoms. The molecule has 0 spiro atoms. The number of hydrogen-bond donors (Lipinski definition) is 0. The fourth-order valence-corrected chi connectivity index (χ4v) is 4.14. The van der Waals surface area contributed by atoms with Crippen molar-refractivity contribution in [2.45, 2.75) is 45.6 Å². The maximum atomic E-state index is 12.9. The van der Waals surface area contributed by atoms with Crippen LogP contribution in [0.2, 0.25) is 0 Å². The van der Waals surface area contributed by atoms with Crippen LogP contribution >= 0.6 is 0 Å². The zero-order valence-corrected chi connectivity index (χ0v) is 16.0. The van der Waals surface area contributed by atoms with E-state index >= 15 is 0 Å². The first-order valence-corrected chi connectivity index (χ1v) is 10.1. The normalized spacial score (nSPS) is 20.2. The van der Waals surface area contributed by atoms with E-state index in [2.05, 4.69) is 29.5 Å². The molecular weight excluding hydrogens is 340 g/mol. The molecule has 0 bridgehead atoms. The number of piperidine rings is 1. The van der Waals surface area contributed by atoms with Gasteiger partial charge in [0.25, 0.3) is 0 Å². The third-order valence-electron chi connectivity index (χ3n) is 5.69. The molecule has 1 atom stereocenters. The molecule has 6 nitrogen and oxygen atoms in total. The predicted octanol–water partition coefficient (Wildman–Crippen LogP) is 2.72. The van der Waals surface area contributed by atoms with Gasteiger partial charge in [0.05, 0.1) is 11.6 Å². The van der Waals surface area contributed by atoms with E-state index in [0.717, 1.165) is 68.7 Å². The van der Waals surface area contributed by atoms with Crippen molar-refractivity contribution in [1.29, 1.82) is 0 Å². The molecule has 2 aliphatic rings. The number of rotatable bonds is 5. The van der Waals surface area contributed by atoms with E-state index < -0.39 is 0 Å². The summed E-state index contributed by atoms with van der Waals surface area (Å²) >= 11 is 0. The lowest BCUT2D eigenvalue weighted by molar-refractivity contribution is -0.138. The summed E-state index contributed by atoms with van der Waals surface area (Å²) in [6, 6.07) is 8.03. The summed E-state index contributed by atoms with van der Waals surface area (Å²) in [5.74, 6) is 1.68. The highest BCUT2D eigenvalue weighted by atomic mass is 16.5. The van der Waals surface area contributed by atoms with Crippen LogP contribution in [0.25, 0.3) is 0 Å². The second-order valence-electron chi connectivity index (χ2n) is 7.77. The molecule has 0 aliphatic carbocycles. The third kappa shape index (κ3) is 4.15. The second-order valence-corrected chi connectivity index (χ2v) is 7.77. The van der Waals surface area contributed by atoms with Crippen LogP contribution in [0.15, 0.2) is 30.5 Å². The SMILES string of the molecule is CCCc1cn(CC2CCN(C(=O)[C@@H]3COc4ccccc4C3)CC2)nn1. The Bertz CT molecular complexity index is 780. The summed E-state index contributed by atoms with van der Waals surface area (Å²) in [5.41, 5.74) is 2.22. The monoisotopic (exact) mass is 368 g/mol. The fraction of sp³-hybridized carbons (Fsp3) is 0.571. The number of benzene rings is 1. The molecule has 6 heteroatoms. The number of carbonyl (C=O) groups excluding carboxylic acids is 1. The van der Waals surface area contributed by atoms with E-state index in [1.165, 1.54) is 0 Å². The van der Waals surface area contributed by atoms with Crippen molar-refractivity contribution in [2.24, 2.45) is 11.8 Å². The van der Waals surface area contributed by atoms with Crippen LogP contribution in [0.4, 0.5) is 0 Å². The molecule has 1 fully saturated rings. The smallest absolute Gasteiger partial charge is 0.229 e. The molecule has 1 amide bonds. The van der Waals surface area contributed by atoms with E-state index in [0.29, 0.717) is 12.5 Å². The van der Waals surface area contributed by atoms with Crippen LogP contribution in [0.1, 0.15) is 37.4 Å². The Morgan fingerprint density at radius 2 is 2.07 bits per heavy atom. The Labute approximate surface area is 160 Å². The van der Waals surface area contributed by atoms with Gasteiger partial charge in [0.1, 0.15) is 12.4 Å². The van der Waals surface area contributed by atoms with Gasteiger partial charge in [0, 0.05) is 25.8 Å². The summed E-state index contributed by atoms with van der Waals surface area (Å²) in [6.45, 7) is 5.21. The Hall–Kier alpha value is -2.37. The number of nitrogens with zero attached hydrogens (tertiary/aromatic N) is 4. The van der Waals surface area contributed by atoms with Crippen molar-refractivity contribution in [3.8, 4) is 5.75 Å². The van der Waals surface area contributed by atoms with Crippen LogP contribution in [0, 0.1) is 11.8 Å². The van der Waals surface area contributed by atoms with Gasteiger partial charge in [-0.15, -0.1) is 5.10 Å². The lowest BCUT2D eigenvalue weighted by Crippen LogP contribution is -2.45. The number of fused-ring (bicyclic) bond motifs is 1. The Balaban J connectivity index is 1.28. The topological polar surface area (TPSA) is 60.2 Å². The van der Waals surface area contributed by atoms with Crippen LogP contribution in [-0.4, -0.2) is 45.5 Å². The van der Waals surface area contributed by atoms with Gasteiger partial charge >= 0.3 is 0 Å². The van der Waals surface area contributed by atoms with Gasteiger partial charge in [-0.1, -0.05) is 36.8 Å². The summed E-state index contributed by atoms with van der Waals surface area (Å²) in [6.07, 6.45) is 6.98. The maximum Gasteiger partial charge on any atom is 0.229 e. The van der Waals surface area contributed by atoms with Crippen molar-refractivity contribution >= 4 is 5.91 Å². The van der Waals surface area contributed by atoms with Crippen LogP contribution < -0.4 is 4.74 Å². The van der Waals surface area contributed by atoms with Crippen LogP contribution in [-0.2, 0) is 24.2 Å². The molecule has 2 aromatic rings. The van der Waals surface area contributed by atoms with Crippen molar-refractivity contribution in [3.05, 3.63) is 41.7 Å². The first kappa shape index (κ1) is 18.0. The van der Waals surface area contributed by atoms with E-state index in [1.807, 2.05) is 27.8 Å². The van der Waals surface area contributed by atoms with E-state index in [4.69, 9.17) is 4.74 Å². The van der Waals surface area contributed by atoms with Gasteiger partial charge < -0.3 is 9.64 Å². The van der Waals surface area contributed by atoms with E-state index in [9.17, 15) is 4.79 Å². The van der Waals surface area contributed by atoms with Crippen molar-refractivity contribution < 1.29 is 9.53 Å². The average molecular weight is 368 g/mol. The number of aryl methyl sites for hydroxylation is 1. The minimum absolute atomic E-state index is 0.0524. The van der Waals surface area contributed by atoms with Gasteiger partial charge in [-0.3, -0.25) is 9.48 Å². The van der Waals surface area contributed by atoms with Gasteiger partial charge in [-0.2, -0.15) is 0 Å². The quantitative estimate of drug-likeness (QED) is 0.814. The Morgan fingerprint density at radius 3 is 2.89 bits per heavy atom. The molecule has 1 aromatic carbocycles. The average Bonchev–Trinajstić information content (AvgIpc) is 3.15. The molecule has 1 aromatic heterocycles. The number of para-hydroxylation sites is 1. The van der Waals surface area contributed by atoms with Crippen molar-refractivity contribution in [1.82, 2.24) is 19.9 Å². The third-order valence-corrected chi connectivity index (χ3v) is 5.69. The lowest BCUT2D eigenvalue weighted by Gasteiger charge is -2.35. The molecule has 0 saturated carbocycles. The molecule has 144 valence electrons. The summed E-state index contributed by atoms with van der Waals surface area (Å²) in [4.78, 5) is 15.0. The fourth-order valence-electron chi connectivity index (χ4n) is 4.14. The molecule has 1 saturated heterocycles. The minimum atomic E-state index is -0.0524. The number of ether oxygens (including phenoxy) is 1. The summed E-state index contributed by atoms with van der Waals surface area (Å²) in [7, 11) is 0. The van der Waals surface area contributed by atoms with Gasteiger partial charge in [0.15, 0.2) is 0 Å². The Morgan fingerprint density at radius 1 is 1.26 bits per heavy atom. The lowest BCUT2D eigenvalue weighted by atomic mass is 9.92. The van der Waals surface area contributed by atoms with Crippen molar-refractivity contribution in [2.75, 3.05) is 19.7 Å². The first-order chi connectivity index (χ1) is 13.2. The molecule has 3 heterocycles. The zero-order valence-electron chi connectivity index (χ0n) is 16.0. The number of amides is 1. The highest BCUT2D eigenvalue weighted by Crippen LogP contribution is 2.29. The number of hydrogen-bond acceptors (Lipinski definition) is 4. The largest absolute Gasteiger partial charge is 0.492 e. The highest BCUT2D eigenvalue weighted by molar-refractivity contribution is 5.80. The van der Waals surface area contributed by atoms with Crippen molar-refractivity contribution in [3.63, 3.8) is 0 Å². The number of carbonyl (C=O) groups is 1. The summed E-state index contributed by atoms with van der Waals surface area (Å²) < 4.78 is 7.78. The molecule has 0 radical (unpaired) electrons. The molecule has 4 rings (SSSR count). The van der Waals surface area contributed by atoms with Crippen LogP contribution in [0.3, 0.4) is 0 Å². The number of likely N-dealkylation sites (tertiary alicyclic amines) is 1. The minimum Gasteiger partial charge on any atom is -0.492 e. The van der Waals surface area contributed by atoms with Gasteiger partial charge in [-0.25, -0.2) is 0 Å². The number of aromatic nitrogens is 3. The first-order valence-electron chi connectivity index (χ1n) is 10.1. The van der Waals surface area contributed by atoms with E-state index in [-0.39, 0.29) is 11.8 Å².